The molecule has 0 atom stereocenters. The second-order valence-corrected chi connectivity index (χ2v) is 7.13. The SMILES string of the molecule is O=C(Nn1cnc2scc(-c3cccs3)c2c1=O)c1cc(F)cc(F)c1. The van der Waals surface area contributed by atoms with Crippen LogP contribution in [-0.4, -0.2) is 15.6 Å². The zero-order valence-electron chi connectivity index (χ0n) is 12.9. The Morgan fingerprint density at radius 3 is 2.62 bits per heavy atom. The molecule has 0 saturated carbocycles. The summed E-state index contributed by atoms with van der Waals surface area (Å²) in [5, 5.41) is 4.11. The lowest BCUT2D eigenvalue weighted by atomic mass is 10.2. The van der Waals surface area contributed by atoms with E-state index in [4.69, 9.17) is 0 Å². The third-order valence-corrected chi connectivity index (χ3v) is 5.42. The van der Waals surface area contributed by atoms with Crippen LogP contribution in [0.3, 0.4) is 0 Å². The summed E-state index contributed by atoms with van der Waals surface area (Å²) in [7, 11) is 0. The number of nitrogens with zero attached hydrogens (tertiary/aromatic N) is 2. The summed E-state index contributed by atoms with van der Waals surface area (Å²) in [6.45, 7) is 0. The molecule has 0 aliphatic heterocycles. The summed E-state index contributed by atoms with van der Waals surface area (Å²) in [4.78, 5) is 30.6. The zero-order valence-corrected chi connectivity index (χ0v) is 14.5. The number of rotatable bonds is 3. The van der Waals surface area contributed by atoms with E-state index in [1.54, 1.807) is 0 Å². The van der Waals surface area contributed by atoms with Crippen molar-refractivity contribution in [3.63, 3.8) is 0 Å². The zero-order chi connectivity index (χ0) is 18.3. The topological polar surface area (TPSA) is 64.0 Å². The standard InChI is InChI=1S/C17H9F2N3O2S2/c18-10-4-9(5-11(19)6-10)15(23)21-22-8-20-16-14(17(22)24)12(7-26-16)13-2-1-3-25-13/h1-8H,(H,21,23). The van der Waals surface area contributed by atoms with E-state index in [2.05, 4.69) is 10.4 Å². The molecule has 3 aromatic heterocycles. The second-order valence-electron chi connectivity index (χ2n) is 5.33. The van der Waals surface area contributed by atoms with E-state index in [1.165, 1.54) is 29.0 Å². The predicted octanol–water partition coefficient (Wildman–Crippen LogP) is 3.85. The molecule has 26 heavy (non-hydrogen) atoms. The van der Waals surface area contributed by atoms with Crippen LogP contribution in [0.5, 0.6) is 0 Å². The number of halogens is 2. The highest BCUT2D eigenvalue weighted by Crippen LogP contribution is 2.33. The maximum atomic E-state index is 13.3. The van der Waals surface area contributed by atoms with Gasteiger partial charge in [0.2, 0.25) is 0 Å². The molecule has 130 valence electrons. The van der Waals surface area contributed by atoms with E-state index in [0.29, 0.717) is 16.3 Å². The summed E-state index contributed by atoms with van der Waals surface area (Å²) >= 11 is 2.81. The third kappa shape index (κ3) is 2.91. The van der Waals surface area contributed by atoms with Gasteiger partial charge in [-0.15, -0.1) is 22.7 Å². The van der Waals surface area contributed by atoms with Gasteiger partial charge in [0.1, 0.15) is 22.8 Å². The van der Waals surface area contributed by atoms with Crippen molar-refractivity contribution in [3.05, 3.63) is 75.0 Å². The Morgan fingerprint density at radius 2 is 1.92 bits per heavy atom. The molecule has 3 heterocycles. The van der Waals surface area contributed by atoms with Crippen LogP contribution in [0.15, 0.2) is 52.2 Å². The highest BCUT2D eigenvalue weighted by Gasteiger charge is 2.16. The van der Waals surface area contributed by atoms with Crippen LogP contribution in [0.4, 0.5) is 8.78 Å². The molecule has 0 fully saturated rings. The van der Waals surface area contributed by atoms with Crippen molar-refractivity contribution in [2.24, 2.45) is 0 Å². The lowest BCUT2D eigenvalue weighted by Crippen LogP contribution is -2.33. The normalized spacial score (nSPS) is 11.0. The number of carbonyl (C=O) groups excluding carboxylic acids is 1. The lowest BCUT2D eigenvalue weighted by Gasteiger charge is -2.08. The lowest BCUT2D eigenvalue weighted by molar-refractivity contribution is 0.101. The van der Waals surface area contributed by atoms with Crippen molar-refractivity contribution in [2.75, 3.05) is 5.43 Å². The van der Waals surface area contributed by atoms with Gasteiger partial charge in [0, 0.05) is 27.5 Å². The van der Waals surface area contributed by atoms with Gasteiger partial charge in [-0.2, -0.15) is 0 Å². The molecular weight excluding hydrogens is 380 g/mol. The predicted molar refractivity (Wildman–Crippen MR) is 97.2 cm³/mol. The Labute approximate surface area is 153 Å². The van der Waals surface area contributed by atoms with Crippen LogP contribution >= 0.6 is 22.7 Å². The van der Waals surface area contributed by atoms with Gasteiger partial charge in [0.05, 0.1) is 5.39 Å². The number of hydrogen-bond donors (Lipinski definition) is 1. The molecule has 5 nitrogen and oxygen atoms in total. The van der Waals surface area contributed by atoms with Crippen LogP contribution in [0.25, 0.3) is 20.7 Å². The van der Waals surface area contributed by atoms with Gasteiger partial charge in [-0.3, -0.25) is 15.0 Å². The number of aromatic nitrogens is 2. The van der Waals surface area contributed by atoms with Gasteiger partial charge in [0.25, 0.3) is 11.5 Å². The molecule has 0 radical (unpaired) electrons. The Morgan fingerprint density at radius 1 is 1.15 bits per heavy atom. The monoisotopic (exact) mass is 389 g/mol. The van der Waals surface area contributed by atoms with Gasteiger partial charge in [0.15, 0.2) is 0 Å². The fourth-order valence-corrected chi connectivity index (χ4v) is 4.20. The smallest absolute Gasteiger partial charge is 0.267 e. The van der Waals surface area contributed by atoms with Crippen LogP contribution in [0.2, 0.25) is 0 Å². The molecular formula is C17H9F2N3O2S2. The van der Waals surface area contributed by atoms with Gasteiger partial charge in [-0.25, -0.2) is 18.4 Å². The molecule has 1 amide bonds. The van der Waals surface area contributed by atoms with Gasteiger partial charge in [-0.1, -0.05) is 6.07 Å². The van der Waals surface area contributed by atoms with Crippen molar-refractivity contribution < 1.29 is 13.6 Å². The van der Waals surface area contributed by atoms with Crippen molar-refractivity contribution in [2.45, 2.75) is 0 Å². The molecule has 1 N–H and O–H groups in total. The van der Waals surface area contributed by atoms with Crippen LogP contribution < -0.4 is 11.0 Å². The largest absolute Gasteiger partial charge is 0.281 e. The number of thiophene rings is 2. The van der Waals surface area contributed by atoms with E-state index in [9.17, 15) is 18.4 Å². The first-order chi connectivity index (χ1) is 12.5. The molecule has 0 aliphatic rings. The minimum absolute atomic E-state index is 0.238. The summed E-state index contributed by atoms with van der Waals surface area (Å²) in [5.74, 6) is -2.58. The minimum atomic E-state index is -0.881. The Hall–Kier alpha value is -2.91. The number of nitrogens with one attached hydrogen (secondary N) is 1. The van der Waals surface area contributed by atoms with Crippen LogP contribution in [0, 0.1) is 11.6 Å². The van der Waals surface area contributed by atoms with Crippen molar-refractivity contribution in [1.29, 1.82) is 0 Å². The summed E-state index contributed by atoms with van der Waals surface area (Å²) in [6.07, 6.45) is 1.17. The Kier molecular flexibility index (Phi) is 4.09. The van der Waals surface area contributed by atoms with Crippen molar-refractivity contribution in [3.8, 4) is 10.4 Å². The summed E-state index contributed by atoms with van der Waals surface area (Å²) in [5.41, 5.74) is 2.34. The summed E-state index contributed by atoms with van der Waals surface area (Å²) < 4.78 is 27.5. The molecule has 0 saturated heterocycles. The highest BCUT2D eigenvalue weighted by molar-refractivity contribution is 7.18. The number of fused-ring (bicyclic) bond motifs is 1. The minimum Gasteiger partial charge on any atom is -0.267 e. The average Bonchev–Trinajstić information content (AvgIpc) is 3.25. The number of carbonyl (C=O) groups is 1. The maximum absolute atomic E-state index is 13.3. The molecule has 0 unspecified atom stereocenters. The molecule has 0 bridgehead atoms. The fraction of sp³-hybridized carbons (Fsp3) is 0. The number of benzene rings is 1. The molecule has 4 rings (SSSR count). The molecule has 1 aromatic carbocycles. The first kappa shape index (κ1) is 16.6. The molecule has 9 heteroatoms. The van der Waals surface area contributed by atoms with E-state index in [0.717, 1.165) is 27.2 Å². The van der Waals surface area contributed by atoms with E-state index in [-0.39, 0.29) is 5.56 Å². The van der Waals surface area contributed by atoms with E-state index in [1.807, 2.05) is 22.9 Å². The fourth-order valence-electron chi connectivity index (χ4n) is 2.48. The molecule has 0 spiro atoms. The first-order valence-electron chi connectivity index (χ1n) is 7.33. The average molecular weight is 389 g/mol. The summed E-state index contributed by atoms with van der Waals surface area (Å²) in [6, 6.07) is 6.19. The van der Waals surface area contributed by atoms with Crippen molar-refractivity contribution in [1.82, 2.24) is 9.66 Å². The van der Waals surface area contributed by atoms with Gasteiger partial charge < -0.3 is 0 Å². The molecule has 0 aliphatic carbocycles. The third-order valence-electron chi connectivity index (χ3n) is 3.63. The van der Waals surface area contributed by atoms with Gasteiger partial charge in [-0.05, 0) is 23.6 Å². The van der Waals surface area contributed by atoms with Gasteiger partial charge >= 0.3 is 0 Å². The van der Waals surface area contributed by atoms with Crippen LogP contribution in [0.1, 0.15) is 10.4 Å². The second kappa shape index (κ2) is 6.43. The quantitative estimate of drug-likeness (QED) is 0.579. The Bertz CT molecular complexity index is 1160. The maximum Gasteiger partial charge on any atom is 0.281 e. The molecule has 4 aromatic rings. The van der Waals surface area contributed by atoms with Crippen LogP contribution in [-0.2, 0) is 0 Å². The van der Waals surface area contributed by atoms with Crippen molar-refractivity contribution >= 4 is 38.8 Å². The first-order valence-corrected chi connectivity index (χ1v) is 9.09. The number of amides is 1. The van der Waals surface area contributed by atoms with E-state index >= 15 is 0 Å². The Balaban J connectivity index is 1.75. The van der Waals surface area contributed by atoms with E-state index < -0.39 is 23.1 Å². The number of hydrogen-bond acceptors (Lipinski definition) is 5. The highest BCUT2D eigenvalue weighted by atomic mass is 32.1.